The molecule has 0 N–H and O–H groups in total. The number of benzene rings is 9. The fraction of sp³-hybridized carbons (Fsp3) is 0. The highest BCUT2D eigenvalue weighted by Gasteiger charge is 2.22. The summed E-state index contributed by atoms with van der Waals surface area (Å²) in [6.07, 6.45) is 0. The van der Waals surface area contributed by atoms with Crippen LogP contribution in [0.3, 0.4) is 0 Å². The van der Waals surface area contributed by atoms with Crippen LogP contribution in [0.15, 0.2) is 211 Å². The summed E-state index contributed by atoms with van der Waals surface area (Å²) in [5.74, 6) is 1.91. The predicted octanol–water partition coefficient (Wildman–Crippen LogP) is 14.6. The number of pyridine rings is 1. The van der Waals surface area contributed by atoms with Gasteiger partial charge in [-0.05, 0) is 51.7 Å². The van der Waals surface area contributed by atoms with E-state index in [-0.39, 0.29) is 0 Å². The Labute approximate surface area is 351 Å². The van der Waals surface area contributed by atoms with Crippen molar-refractivity contribution in [1.29, 1.82) is 0 Å². The molecule has 0 spiro atoms. The molecule has 0 amide bonds. The first kappa shape index (κ1) is 34.7. The molecule has 9 aromatic carbocycles. The van der Waals surface area contributed by atoms with Gasteiger partial charge in [-0.15, -0.1) is 0 Å². The lowest BCUT2D eigenvalue weighted by molar-refractivity contribution is 0.669. The topological polar surface area (TPSA) is 64.7 Å². The van der Waals surface area contributed by atoms with E-state index in [0.717, 1.165) is 93.8 Å². The molecule has 0 radical (unpaired) electrons. The van der Waals surface area contributed by atoms with Crippen LogP contribution in [0.25, 0.3) is 122 Å². The number of nitrogens with zero attached hydrogens (tertiary/aromatic N) is 4. The average Bonchev–Trinajstić information content (AvgIpc) is 3.71. The molecule has 0 atom stereocenters. The van der Waals surface area contributed by atoms with Crippen LogP contribution in [-0.2, 0) is 0 Å². The largest absolute Gasteiger partial charge is 0.456 e. The Morgan fingerprint density at radius 3 is 1.54 bits per heavy atom. The molecule has 0 aliphatic carbocycles. The van der Waals surface area contributed by atoms with Gasteiger partial charge in [0.1, 0.15) is 11.2 Å². The Hall–Kier alpha value is -8.28. The number of furan rings is 1. The summed E-state index contributed by atoms with van der Waals surface area (Å²) in [5.41, 5.74) is 11.9. The number of fused-ring (bicyclic) bond motifs is 7. The van der Waals surface area contributed by atoms with Gasteiger partial charge in [-0.1, -0.05) is 182 Å². The van der Waals surface area contributed by atoms with Gasteiger partial charge >= 0.3 is 0 Å². The number of rotatable bonds is 6. The van der Waals surface area contributed by atoms with E-state index in [1.54, 1.807) is 0 Å². The Morgan fingerprint density at radius 1 is 0.295 bits per heavy atom. The fourth-order valence-corrected chi connectivity index (χ4v) is 8.74. The van der Waals surface area contributed by atoms with E-state index >= 15 is 0 Å². The summed E-state index contributed by atoms with van der Waals surface area (Å²) < 4.78 is 6.58. The standard InChI is InChI=1S/C56H34N4O/c1-3-14-38(15-4-1)50-51-44-19-9-11-21-47(44)57-53(46(51)34-49-52(50)45-20-10-12-22-48(45)61-49)39-28-23-36(24-29-39)37-25-30-41(31-26-37)55-58-54(40-16-5-2-6-17-40)59-56(60-55)43-32-27-35-13-7-8-18-42(35)33-43/h1-34H. The van der Waals surface area contributed by atoms with Crippen molar-refractivity contribution in [1.82, 2.24) is 19.9 Å². The first-order chi connectivity index (χ1) is 30.2. The summed E-state index contributed by atoms with van der Waals surface area (Å²) in [5, 5.41) is 7.88. The second-order valence-corrected chi connectivity index (χ2v) is 15.4. The summed E-state index contributed by atoms with van der Waals surface area (Å²) in [4.78, 5) is 20.3. The third-order valence-corrected chi connectivity index (χ3v) is 11.7. The minimum atomic E-state index is 0.626. The molecular formula is C56H34N4O. The van der Waals surface area contributed by atoms with Crippen molar-refractivity contribution in [2.45, 2.75) is 0 Å². The minimum absolute atomic E-state index is 0.626. The van der Waals surface area contributed by atoms with E-state index in [9.17, 15) is 0 Å². The van der Waals surface area contributed by atoms with Gasteiger partial charge in [0.2, 0.25) is 0 Å². The van der Waals surface area contributed by atoms with Gasteiger partial charge in [0.15, 0.2) is 17.5 Å². The van der Waals surface area contributed by atoms with Crippen molar-refractivity contribution in [2.75, 3.05) is 0 Å². The van der Waals surface area contributed by atoms with E-state index in [4.69, 9.17) is 24.4 Å². The van der Waals surface area contributed by atoms with Crippen LogP contribution >= 0.6 is 0 Å². The first-order valence-electron chi connectivity index (χ1n) is 20.5. The summed E-state index contributed by atoms with van der Waals surface area (Å²) in [6, 6.07) is 71.6. The van der Waals surface area contributed by atoms with Crippen LogP contribution in [-0.4, -0.2) is 19.9 Å². The Bertz CT molecular complexity index is 3620. The lowest BCUT2D eigenvalue weighted by Gasteiger charge is -2.16. The SMILES string of the molecule is c1ccc(-c2nc(-c3ccc(-c4ccc(-c5nc6ccccc6c6c(-c7ccccc7)c7c(cc56)oc5ccccc57)cc4)cc3)nc(-c3ccc4ccccc4c3)n2)cc1. The average molecular weight is 779 g/mol. The molecule has 0 bridgehead atoms. The van der Waals surface area contributed by atoms with E-state index in [1.807, 2.05) is 42.5 Å². The second kappa shape index (κ2) is 14.2. The second-order valence-electron chi connectivity index (χ2n) is 15.4. The van der Waals surface area contributed by atoms with Crippen LogP contribution in [0.5, 0.6) is 0 Å². The molecule has 0 saturated heterocycles. The zero-order valence-corrected chi connectivity index (χ0v) is 32.8. The molecule has 5 heteroatoms. The number of para-hydroxylation sites is 2. The maximum atomic E-state index is 6.58. The van der Waals surface area contributed by atoms with Gasteiger partial charge in [-0.2, -0.15) is 0 Å². The third-order valence-electron chi connectivity index (χ3n) is 11.7. The highest BCUT2D eigenvalue weighted by atomic mass is 16.3. The van der Waals surface area contributed by atoms with E-state index in [0.29, 0.717) is 17.5 Å². The van der Waals surface area contributed by atoms with Gasteiger partial charge in [0.05, 0.1) is 11.2 Å². The van der Waals surface area contributed by atoms with Crippen LogP contribution in [0.2, 0.25) is 0 Å². The molecule has 0 aliphatic rings. The van der Waals surface area contributed by atoms with Crippen molar-refractivity contribution in [2.24, 2.45) is 0 Å². The molecule has 0 unspecified atom stereocenters. The van der Waals surface area contributed by atoms with Gasteiger partial charge in [-0.3, -0.25) is 0 Å². The van der Waals surface area contributed by atoms with Gasteiger partial charge in [-0.25, -0.2) is 19.9 Å². The lowest BCUT2D eigenvalue weighted by Crippen LogP contribution is -2.00. The first-order valence-corrected chi connectivity index (χ1v) is 20.5. The Kier molecular flexibility index (Phi) is 8.10. The van der Waals surface area contributed by atoms with E-state index in [1.165, 1.54) is 10.8 Å². The summed E-state index contributed by atoms with van der Waals surface area (Å²) >= 11 is 0. The highest BCUT2D eigenvalue weighted by Crippen LogP contribution is 2.46. The molecule has 61 heavy (non-hydrogen) atoms. The maximum absolute atomic E-state index is 6.58. The molecule has 3 heterocycles. The van der Waals surface area contributed by atoms with Crippen LogP contribution in [0.1, 0.15) is 0 Å². The van der Waals surface area contributed by atoms with Gasteiger partial charge in [0.25, 0.3) is 0 Å². The van der Waals surface area contributed by atoms with Crippen molar-refractivity contribution in [3.63, 3.8) is 0 Å². The van der Waals surface area contributed by atoms with Crippen LogP contribution in [0.4, 0.5) is 0 Å². The number of hydrogen-bond donors (Lipinski definition) is 0. The third kappa shape index (κ3) is 6.02. The summed E-state index contributed by atoms with van der Waals surface area (Å²) in [7, 11) is 0. The maximum Gasteiger partial charge on any atom is 0.164 e. The lowest BCUT2D eigenvalue weighted by atomic mass is 9.89. The van der Waals surface area contributed by atoms with Crippen molar-refractivity contribution >= 4 is 54.4 Å². The molecule has 5 nitrogen and oxygen atoms in total. The molecule has 12 aromatic rings. The van der Waals surface area contributed by atoms with E-state index < -0.39 is 0 Å². The van der Waals surface area contributed by atoms with Crippen LogP contribution < -0.4 is 0 Å². The fourth-order valence-electron chi connectivity index (χ4n) is 8.74. The predicted molar refractivity (Wildman–Crippen MR) is 250 cm³/mol. The quantitative estimate of drug-likeness (QED) is 0.157. The summed E-state index contributed by atoms with van der Waals surface area (Å²) in [6.45, 7) is 0. The van der Waals surface area contributed by atoms with Gasteiger partial charge in [0, 0.05) is 54.7 Å². The Balaban J connectivity index is 0.950. The Morgan fingerprint density at radius 2 is 0.820 bits per heavy atom. The minimum Gasteiger partial charge on any atom is -0.456 e. The highest BCUT2D eigenvalue weighted by molar-refractivity contribution is 6.27. The zero-order chi connectivity index (χ0) is 40.3. The normalized spacial score (nSPS) is 11.6. The van der Waals surface area contributed by atoms with Crippen LogP contribution in [0, 0.1) is 0 Å². The molecule has 0 aliphatic heterocycles. The monoisotopic (exact) mass is 778 g/mol. The molecular weight excluding hydrogens is 745 g/mol. The molecule has 12 rings (SSSR count). The molecule has 0 fully saturated rings. The smallest absolute Gasteiger partial charge is 0.164 e. The van der Waals surface area contributed by atoms with E-state index in [2.05, 4.69) is 164 Å². The number of aromatic nitrogens is 4. The van der Waals surface area contributed by atoms with Gasteiger partial charge < -0.3 is 4.42 Å². The molecule has 284 valence electrons. The van der Waals surface area contributed by atoms with Crippen molar-refractivity contribution in [3.05, 3.63) is 206 Å². The number of hydrogen-bond acceptors (Lipinski definition) is 5. The van der Waals surface area contributed by atoms with Crippen molar-refractivity contribution in [3.8, 4) is 67.7 Å². The molecule has 0 saturated carbocycles. The zero-order valence-electron chi connectivity index (χ0n) is 32.8. The molecule has 3 aromatic heterocycles. The van der Waals surface area contributed by atoms with Crippen molar-refractivity contribution < 1.29 is 4.42 Å².